The Hall–Kier alpha value is -1.91. The molecule has 66 valence electrons. The first kappa shape index (κ1) is 7.72. The van der Waals surface area contributed by atoms with E-state index >= 15 is 0 Å². The molecular weight excluding hydrogens is 171 g/mol. The monoisotopic (exact) mass is 178 g/mol. The maximum absolute atomic E-state index is 13.1. The number of nitrogens with one attached hydrogen (secondary N) is 1. The van der Waals surface area contributed by atoms with E-state index < -0.39 is 5.82 Å². The quantitative estimate of drug-likeness (QED) is 0.500. The summed E-state index contributed by atoms with van der Waals surface area (Å²) < 4.78 is 14.5. The maximum atomic E-state index is 13.1. The van der Waals surface area contributed by atoms with Crippen molar-refractivity contribution in [3.8, 4) is 0 Å². The van der Waals surface area contributed by atoms with E-state index in [-0.39, 0.29) is 11.5 Å². The molecule has 0 aliphatic carbocycles. The molecule has 0 amide bonds. The van der Waals surface area contributed by atoms with E-state index in [2.05, 4.69) is 4.98 Å². The van der Waals surface area contributed by atoms with Gasteiger partial charge in [-0.15, -0.1) is 0 Å². The second kappa shape index (κ2) is 2.55. The molecule has 2 rings (SSSR count). The number of hydrogen-bond donors (Lipinski definition) is 2. The first-order valence-electron chi connectivity index (χ1n) is 3.66. The number of nitrogens with two attached hydrogens (primary N) is 1. The highest BCUT2D eigenvalue weighted by Crippen LogP contribution is 2.09. The Bertz CT molecular complexity index is 474. The molecule has 4 nitrogen and oxygen atoms in total. The minimum absolute atomic E-state index is 0.127. The van der Waals surface area contributed by atoms with Crippen molar-refractivity contribution in [3.63, 3.8) is 0 Å². The van der Waals surface area contributed by atoms with Crippen LogP contribution >= 0.6 is 0 Å². The molecule has 0 saturated carbocycles. The second-order valence-electron chi connectivity index (χ2n) is 2.61. The van der Waals surface area contributed by atoms with Crippen LogP contribution in [0, 0.1) is 11.2 Å². The fraction of sp³-hybridized carbons (Fsp3) is 0. The standard InChI is InChI=1S/C8H7FN4/c9-5-2-1-3-13-6(7(10)11)4-12-8(5)13/h1-4H,(H3,10,11). The summed E-state index contributed by atoms with van der Waals surface area (Å²) in [5.41, 5.74) is 5.86. The number of aromatic nitrogens is 2. The highest BCUT2D eigenvalue weighted by Gasteiger charge is 2.07. The zero-order valence-corrected chi connectivity index (χ0v) is 6.66. The van der Waals surface area contributed by atoms with E-state index in [9.17, 15) is 4.39 Å². The largest absolute Gasteiger partial charge is 0.382 e. The maximum Gasteiger partial charge on any atom is 0.173 e. The molecule has 0 aliphatic heterocycles. The van der Waals surface area contributed by atoms with Gasteiger partial charge in [0.15, 0.2) is 11.5 Å². The van der Waals surface area contributed by atoms with Crippen LogP contribution < -0.4 is 5.73 Å². The number of halogens is 1. The lowest BCUT2D eigenvalue weighted by Crippen LogP contribution is -2.13. The smallest absolute Gasteiger partial charge is 0.173 e. The summed E-state index contributed by atoms with van der Waals surface area (Å²) in [4.78, 5) is 3.81. The summed E-state index contributed by atoms with van der Waals surface area (Å²) in [6.45, 7) is 0. The molecule has 0 aliphatic rings. The fourth-order valence-electron chi connectivity index (χ4n) is 1.18. The lowest BCUT2D eigenvalue weighted by atomic mass is 10.4. The molecule has 0 atom stereocenters. The number of rotatable bonds is 1. The summed E-state index contributed by atoms with van der Waals surface area (Å²) >= 11 is 0. The molecule has 2 aromatic heterocycles. The molecular formula is C8H7FN4. The number of pyridine rings is 1. The summed E-state index contributed by atoms with van der Waals surface area (Å²) in [7, 11) is 0. The number of fused-ring (bicyclic) bond motifs is 1. The summed E-state index contributed by atoms with van der Waals surface area (Å²) in [5.74, 6) is -0.548. The molecule has 2 aromatic rings. The molecule has 0 unspecified atom stereocenters. The van der Waals surface area contributed by atoms with Gasteiger partial charge in [0.2, 0.25) is 0 Å². The predicted octanol–water partition coefficient (Wildman–Crippen LogP) is 0.757. The zero-order chi connectivity index (χ0) is 9.42. The van der Waals surface area contributed by atoms with Gasteiger partial charge in [-0.2, -0.15) is 0 Å². The van der Waals surface area contributed by atoms with E-state index in [1.54, 1.807) is 6.20 Å². The van der Waals surface area contributed by atoms with Gasteiger partial charge in [-0.1, -0.05) is 0 Å². The zero-order valence-electron chi connectivity index (χ0n) is 6.66. The van der Waals surface area contributed by atoms with Gasteiger partial charge >= 0.3 is 0 Å². The molecule has 0 fully saturated rings. The van der Waals surface area contributed by atoms with E-state index in [0.29, 0.717) is 5.69 Å². The van der Waals surface area contributed by atoms with Crippen LogP contribution in [0.4, 0.5) is 4.39 Å². The Labute approximate surface area is 73.3 Å². The summed E-state index contributed by atoms with van der Waals surface area (Å²) in [5, 5.41) is 7.20. The molecule has 0 saturated heterocycles. The van der Waals surface area contributed by atoms with Gasteiger partial charge in [0.25, 0.3) is 0 Å². The third kappa shape index (κ3) is 1.05. The fourth-order valence-corrected chi connectivity index (χ4v) is 1.18. The summed E-state index contributed by atoms with van der Waals surface area (Å²) in [6.07, 6.45) is 2.99. The van der Waals surface area contributed by atoms with Crippen molar-refractivity contribution in [2.75, 3.05) is 0 Å². The molecule has 3 N–H and O–H groups in total. The van der Waals surface area contributed by atoms with E-state index in [0.717, 1.165) is 0 Å². The SMILES string of the molecule is N=C(N)c1cnc2c(F)cccn12. The molecule has 0 spiro atoms. The van der Waals surface area contributed by atoms with Crippen molar-refractivity contribution in [2.24, 2.45) is 5.73 Å². The minimum atomic E-state index is -0.421. The Morgan fingerprint density at radius 2 is 2.38 bits per heavy atom. The normalized spacial score (nSPS) is 10.5. The highest BCUT2D eigenvalue weighted by molar-refractivity contribution is 5.93. The van der Waals surface area contributed by atoms with Crippen LogP contribution in [0.5, 0.6) is 0 Å². The van der Waals surface area contributed by atoms with E-state index in [1.165, 1.54) is 22.7 Å². The lowest BCUT2D eigenvalue weighted by Gasteiger charge is -1.98. The van der Waals surface area contributed by atoms with Gasteiger partial charge in [0, 0.05) is 6.20 Å². The Balaban J connectivity index is 2.83. The first-order valence-corrected chi connectivity index (χ1v) is 3.66. The van der Waals surface area contributed by atoms with Gasteiger partial charge in [-0.25, -0.2) is 9.37 Å². The van der Waals surface area contributed by atoms with Crippen molar-refractivity contribution in [1.29, 1.82) is 5.41 Å². The van der Waals surface area contributed by atoms with Crippen LogP contribution in [0.15, 0.2) is 24.5 Å². The molecule has 0 bridgehead atoms. The van der Waals surface area contributed by atoms with Gasteiger partial charge in [-0.3, -0.25) is 9.81 Å². The molecule has 5 heteroatoms. The van der Waals surface area contributed by atoms with Crippen molar-refractivity contribution in [2.45, 2.75) is 0 Å². The Morgan fingerprint density at radius 1 is 1.62 bits per heavy atom. The number of nitrogen functional groups attached to an aromatic ring is 1. The second-order valence-corrected chi connectivity index (χ2v) is 2.61. The summed E-state index contributed by atoms with van der Waals surface area (Å²) in [6, 6.07) is 2.85. The average Bonchev–Trinajstić information content (AvgIpc) is 2.48. The lowest BCUT2D eigenvalue weighted by molar-refractivity contribution is 0.630. The van der Waals surface area contributed by atoms with Crippen molar-refractivity contribution in [3.05, 3.63) is 36.0 Å². The van der Waals surface area contributed by atoms with Crippen LogP contribution in [-0.2, 0) is 0 Å². The van der Waals surface area contributed by atoms with Crippen LogP contribution in [0.1, 0.15) is 5.69 Å². The van der Waals surface area contributed by atoms with Crippen molar-refractivity contribution < 1.29 is 4.39 Å². The molecule has 2 heterocycles. The minimum Gasteiger partial charge on any atom is -0.382 e. The van der Waals surface area contributed by atoms with Gasteiger partial charge in [0.05, 0.1) is 6.20 Å². The van der Waals surface area contributed by atoms with Crippen molar-refractivity contribution >= 4 is 11.5 Å². The first-order chi connectivity index (χ1) is 6.20. The number of hydrogen-bond acceptors (Lipinski definition) is 2. The Kier molecular flexibility index (Phi) is 1.51. The van der Waals surface area contributed by atoms with E-state index in [4.69, 9.17) is 11.1 Å². The van der Waals surface area contributed by atoms with Gasteiger partial charge < -0.3 is 5.73 Å². The molecule has 0 radical (unpaired) electrons. The van der Waals surface area contributed by atoms with Crippen LogP contribution in [-0.4, -0.2) is 15.2 Å². The third-order valence-electron chi connectivity index (χ3n) is 1.76. The average molecular weight is 178 g/mol. The number of nitrogens with zero attached hydrogens (tertiary/aromatic N) is 2. The van der Waals surface area contributed by atoms with Crippen LogP contribution in [0.3, 0.4) is 0 Å². The molecule has 13 heavy (non-hydrogen) atoms. The number of amidine groups is 1. The highest BCUT2D eigenvalue weighted by atomic mass is 19.1. The topological polar surface area (TPSA) is 67.2 Å². The van der Waals surface area contributed by atoms with Crippen molar-refractivity contribution in [1.82, 2.24) is 9.38 Å². The van der Waals surface area contributed by atoms with Crippen LogP contribution in [0.25, 0.3) is 5.65 Å². The van der Waals surface area contributed by atoms with Crippen LogP contribution in [0.2, 0.25) is 0 Å². The Morgan fingerprint density at radius 3 is 3.08 bits per heavy atom. The van der Waals surface area contributed by atoms with Gasteiger partial charge in [0.1, 0.15) is 11.5 Å². The van der Waals surface area contributed by atoms with Gasteiger partial charge in [-0.05, 0) is 12.1 Å². The predicted molar refractivity (Wildman–Crippen MR) is 46.2 cm³/mol. The number of imidazole rings is 1. The van der Waals surface area contributed by atoms with E-state index in [1.807, 2.05) is 0 Å². The third-order valence-corrected chi connectivity index (χ3v) is 1.76. The molecule has 0 aromatic carbocycles.